The summed E-state index contributed by atoms with van der Waals surface area (Å²) in [6.07, 6.45) is 4.03. The van der Waals surface area contributed by atoms with Gasteiger partial charge in [0, 0.05) is 19.1 Å². The van der Waals surface area contributed by atoms with Gasteiger partial charge in [0.2, 0.25) is 5.91 Å². The van der Waals surface area contributed by atoms with E-state index >= 15 is 0 Å². The maximum Gasteiger partial charge on any atom is 0.240 e. The fourth-order valence-electron chi connectivity index (χ4n) is 2.90. The molecule has 20 heavy (non-hydrogen) atoms. The lowest BCUT2D eigenvalue weighted by Gasteiger charge is -2.25. The molecule has 1 aliphatic heterocycles. The highest BCUT2D eigenvalue weighted by molar-refractivity contribution is 5.88. The lowest BCUT2D eigenvalue weighted by Crippen LogP contribution is -2.47. The third-order valence-electron chi connectivity index (χ3n) is 4.47. The lowest BCUT2D eigenvalue weighted by atomic mass is 10.1. The van der Waals surface area contributed by atoms with E-state index in [1.165, 1.54) is 12.0 Å². The molecule has 2 fully saturated rings. The molecule has 3 rings (SSSR count). The molecule has 108 valence electrons. The van der Waals surface area contributed by atoms with Crippen molar-refractivity contribution < 1.29 is 4.79 Å². The summed E-state index contributed by atoms with van der Waals surface area (Å²) in [5.41, 5.74) is 6.69. The number of carbonyl (C=O) groups is 1. The summed E-state index contributed by atoms with van der Waals surface area (Å²) in [5, 5.41) is 3.04. The number of carbonyl (C=O) groups excluding carboxylic acids is 1. The summed E-state index contributed by atoms with van der Waals surface area (Å²) in [7, 11) is 0. The molecule has 0 radical (unpaired) electrons. The predicted molar refractivity (Wildman–Crippen MR) is 79.0 cm³/mol. The normalized spacial score (nSPS) is 24.6. The van der Waals surface area contributed by atoms with Gasteiger partial charge in [0.15, 0.2) is 0 Å². The third-order valence-corrected chi connectivity index (χ3v) is 4.47. The Hall–Kier alpha value is -1.39. The zero-order chi connectivity index (χ0) is 14.0. The third kappa shape index (κ3) is 3.02. The Morgan fingerprint density at radius 1 is 1.35 bits per heavy atom. The van der Waals surface area contributed by atoms with Crippen LogP contribution in [-0.2, 0) is 11.3 Å². The maximum absolute atomic E-state index is 11.9. The van der Waals surface area contributed by atoms with Gasteiger partial charge in [-0.25, -0.2) is 0 Å². The number of rotatable bonds is 5. The van der Waals surface area contributed by atoms with Crippen molar-refractivity contribution in [2.75, 3.05) is 13.1 Å². The first kappa shape index (κ1) is 13.6. The monoisotopic (exact) mass is 273 g/mol. The van der Waals surface area contributed by atoms with Crippen LogP contribution in [0.15, 0.2) is 30.3 Å². The molecule has 1 heterocycles. The van der Waals surface area contributed by atoms with Crippen LogP contribution in [-0.4, -0.2) is 35.5 Å². The first-order valence-electron chi connectivity index (χ1n) is 7.52. The molecule has 4 heteroatoms. The first-order chi connectivity index (χ1) is 9.67. The molecule has 1 aromatic carbocycles. The topological polar surface area (TPSA) is 58.4 Å². The Kier molecular flexibility index (Phi) is 3.76. The van der Waals surface area contributed by atoms with Crippen molar-refractivity contribution in [3.8, 4) is 0 Å². The standard InChI is InChI=1S/C16H23N3O/c17-16(8-9-16)15(20)18-11-14-7-4-10-19(14)12-13-5-2-1-3-6-13/h1-3,5-6,14H,4,7-12,17H2,(H,18,20). The number of nitrogens with two attached hydrogens (primary N) is 1. The van der Waals surface area contributed by atoms with Gasteiger partial charge < -0.3 is 11.1 Å². The van der Waals surface area contributed by atoms with E-state index in [0.29, 0.717) is 6.04 Å². The number of benzene rings is 1. The van der Waals surface area contributed by atoms with Gasteiger partial charge in [-0.05, 0) is 37.8 Å². The van der Waals surface area contributed by atoms with E-state index in [1.54, 1.807) is 0 Å². The average Bonchev–Trinajstić information content (AvgIpc) is 3.07. The van der Waals surface area contributed by atoms with Crippen molar-refractivity contribution in [3.63, 3.8) is 0 Å². The summed E-state index contributed by atoms with van der Waals surface area (Å²) < 4.78 is 0. The molecule has 1 amide bonds. The van der Waals surface area contributed by atoms with Gasteiger partial charge in [-0.3, -0.25) is 9.69 Å². The molecule has 3 N–H and O–H groups in total. The molecule has 1 unspecified atom stereocenters. The van der Waals surface area contributed by atoms with E-state index < -0.39 is 5.54 Å². The second-order valence-corrected chi connectivity index (χ2v) is 6.12. The molecule has 1 saturated carbocycles. The zero-order valence-electron chi connectivity index (χ0n) is 11.8. The van der Waals surface area contributed by atoms with Crippen molar-refractivity contribution in [1.82, 2.24) is 10.2 Å². The molecule has 1 saturated heterocycles. The average molecular weight is 273 g/mol. The SMILES string of the molecule is NC1(C(=O)NCC2CCCN2Cc2ccccc2)CC1. The van der Waals surface area contributed by atoms with Gasteiger partial charge in [0.1, 0.15) is 0 Å². The van der Waals surface area contributed by atoms with Crippen LogP contribution in [0.3, 0.4) is 0 Å². The van der Waals surface area contributed by atoms with Crippen LogP contribution in [0.5, 0.6) is 0 Å². The molecule has 1 aromatic rings. The Morgan fingerprint density at radius 3 is 2.80 bits per heavy atom. The van der Waals surface area contributed by atoms with E-state index in [0.717, 1.165) is 38.9 Å². The minimum atomic E-state index is -0.553. The molecular weight excluding hydrogens is 250 g/mol. The fraction of sp³-hybridized carbons (Fsp3) is 0.562. The number of nitrogens with one attached hydrogen (secondary N) is 1. The highest BCUT2D eigenvalue weighted by Gasteiger charge is 2.46. The van der Waals surface area contributed by atoms with Gasteiger partial charge >= 0.3 is 0 Å². The van der Waals surface area contributed by atoms with Gasteiger partial charge in [-0.1, -0.05) is 30.3 Å². The summed E-state index contributed by atoms with van der Waals surface area (Å²) >= 11 is 0. The smallest absolute Gasteiger partial charge is 0.240 e. The predicted octanol–water partition coefficient (Wildman–Crippen LogP) is 1.26. The molecule has 0 spiro atoms. The van der Waals surface area contributed by atoms with E-state index in [9.17, 15) is 4.79 Å². The van der Waals surface area contributed by atoms with E-state index in [2.05, 4.69) is 34.5 Å². The largest absolute Gasteiger partial charge is 0.353 e. The number of nitrogens with zero attached hydrogens (tertiary/aromatic N) is 1. The molecule has 2 aliphatic rings. The Labute approximate surface area is 120 Å². The lowest BCUT2D eigenvalue weighted by molar-refractivity contribution is -0.123. The summed E-state index contributed by atoms with van der Waals surface area (Å²) in [6, 6.07) is 11.0. The van der Waals surface area contributed by atoms with Gasteiger partial charge in [-0.15, -0.1) is 0 Å². The molecule has 0 aromatic heterocycles. The van der Waals surface area contributed by atoms with Crippen molar-refractivity contribution in [2.24, 2.45) is 5.73 Å². The minimum Gasteiger partial charge on any atom is -0.353 e. The van der Waals surface area contributed by atoms with Crippen molar-refractivity contribution >= 4 is 5.91 Å². The van der Waals surface area contributed by atoms with Crippen LogP contribution >= 0.6 is 0 Å². The Balaban J connectivity index is 1.52. The second-order valence-electron chi connectivity index (χ2n) is 6.12. The quantitative estimate of drug-likeness (QED) is 0.849. The molecule has 0 bridgehead atoms. The maximum atomic E-state index is 11.9. The number of likely N-dealkylation sites (tertiary alicyclic amines) is 1. The minimum absolute atomic E-state index is 0.0315. The summed E-state index contributed by atoms with van der Waals surface area (Å²) in [5.74, 6) is 0.0315. The van der Waals surface area contributed by atoms with E-state index in [1.807, 2.05) is 6.07 Å². The number of amides is 1. The second kappa shape index (κ2) is 5.54. The van der Waals surface area contributed by atoms with E-state index in [-0.39, 0.29) is 5.91 Å². The molecule has 1 aliphatic carbocycles. The summed E-state index contributed by atoms with van der Waals surface area (Å²) in [6.45, 7) is 2.81. The van der Waals surface area contributed by atoms with Crippen LogP contribution in [0, 0.1) is 0 Å². The Morgan fingerprint density at radius 2 is 2.10 bits per heavy atom. The van der Waals surface area contributed by atoms with Crippen LogP contribution in [0.2, 0.25) is 0 Å². The van der Waals surface area contributed by atoms with Gasteiger partial charge in [0.05, 0.1) is 5.54 Å². The molecular formula is C16H23N3O. The van der Waals surface area contributed by atoms with Gasteiger partial charge in [-0.2, -0.15) is 0 Å². The van der Waals surface area contributed by atoms with Crippen LogP contribution < -0.4 is 11.1 Å². The van der Waals surface area contributed by atoms with Crippen LogP contribution in [0.4, 0.5) is 0 Å². The van der Waals surface area contributed by atoms with Crippen LogP contribution in [0.1, 0.15) is 31.2 Å². The molecule has 1 atom stereocenters. The molecule has 4 nitrogen and oxygen atoms in total. The van der Waals surface area contributed by atoms with Gasteiger partial charge in [0.25, 0.3) is 0 Å². The number of hydrogen-bond donors (Lipinski definition) is 2. The van der Waals surface area contributed by atoms with Crippen molar-refractivity contribution in [1.29, 1.82) is 0 Å². The van der Waals surface area contributed by atoms with Crippen molar-refractivity contribution in [3.05, 3.63) is 35.9 Å². The summed E-state index contributed by atoms with van der Waals surface area (Å²) in [4.78, 5) is 14.4. The van der Waals surface area contributed by atoms with Crippen LogP contribution in [0.25, 0.3) is 0 Å². The highest BCUT2D eigenvalue weighted by Crippen LogP contribution is 2.32. The van der Waals surface area contributed by atoms with Crippen molar-refractivity contribution in [2.45, 2.75) is 43.8 Å². The number of hydrogen-bond acceptors (Lipinski definition) is 3. The zero-order valence-corrected chi connectivity index (χ0v) is 11.8. The highest BCUT2D eigenvalue weighted by atomic mass is 16.2. The first-order valence-corrected chi connectivity index (χ1v) is 7.52. The Bertz CT molecular complexity index is 470. The van der Waals surface area contributed by atoms with E-state index in [4.69, 9.17) is 5.73 Å². The fourth-order valence-corrected chi connectivity index (χ4v) is 2.90.